The molecule has 3 N–H and O–H groups in total. The number of aliphatic hydroxyl groups is 2. The lowest BCUT2D eigenvalue weighted by molar-refractivity contribution is -0.148. The quantitative estimate of drug-likeness (QED) is 0.0328. The zero-order chi connectivity index (χ0) is 41.0. The third-order valence-electron chi connectivity index (χ3n) is 9.68. The summed E-state index contributed by atoms with van der Waals surface area (Å²) in [5.41, 5.74) is 0. The van der Waals surface area contributed by atoms with Crippen LogP contribution in [0.2, 0.25) is 0 Å². The second-order valence-corrected chi connectivity index (χ2v) is 15.1. The van der Waals surface area contributed by atoms with Crippen LogP contribution in [0.15, 0.2) is 85.1 Å². The fourth-order valence-corrected chi connectivity index (χ4v) is 6.25. The monoisotopic (exact) mass is 780 g/mol. The van der Waals surface area contributed by atoms with Gasteiger partial charge in [-0.3, -0.25) is 9.59 Å². The molecule has 0 heterocycles. The van der Waals surface area contributed by atoms with Gasteiger partial charge in [0.2, 0.25) is 5.91 Å². The van der Waals surface area contributed by atoms with Crippen molar-refractivity contribution in [1.29, 1.82) is 0 Å². The molecular weight excluding hydrogens is 695 g/mol. The zero-order valence-corrected chi connectivity index (χ0v) is 36.2. The van der Waals surface area contributed by atoms with Crippen LogP contribution in [0.4, 0.5) is 0 Å². The number of aliphatic hydroxyl groups excluding tert-OH is 2. The molecule has 0 aliphatic rings. The largest absolute Gasteiger partial charge is 0.458 e. The van der Waals surface area contributed by atoms with Crippen LogP contribution in [0, 0.1) is 0 Å². The normalized spacial score (nSPS) is 14.2. The Kier molecular flexibility index (Phi) is 40.9. The predicted octanol–water partition coefficient (Wildman–Crippen LogP) is 13.2. The van der Waals surface area contributed by atoms with E-state index >= 15 is 0 Å². The van der Waals surface area contributed by atoms with E-state index in [9.17, 15) is 19.8 Å². The number of nitrogens with one attached hydrogen (secondary N) is 1. The molecule has 3 unspecified atom stereocenters. The summed E-state index contributed by atoms with van der Waals surface area (Å²) < 4.78 is 5.78. The van der Waals surface area contributed by atoms with Crippen molar-refractivity contribution < 1.29 is 24.5 Å². The van der Waals surface area contributed by atoms with Gasteiger partial charge in [0.15, 0.2) is 0 Å². The second-order valence-electron chi connectivity index (χ2n) is 15.1. The number of carbonyl (C=O) groups excluding carboxylic acids is 2. The van der Waals surface area contributed by atoms with E-state index in [1.54, 1.807) is 6.08 Å². The number of esters is 1. The van der Waals surface area contributed by atoms with Crippen LogP contribution in [0.5, 0.6) is 0 Å². The molecule has 6 nitrogen and oxygen atoms in total. The van der Waals surface area contributed by atoms with Gasteiger partial charge in [-0.25, -0.2) is 0 Å². The van der Waals surface area contributed by atoms with Crippen molar-refractivity contribution in [3.63, 3.8) is 0 Å². The standard InChI is InChI=1S/C50H85NO5/c1-4-7-10-13-16-19-22-23-24-25-26-27-28-29-32-35-38-41-46(56-50(55)43-40-37-34-31-21-18-15-12-9-6-3)44-49(54)51-47(45-52)48(53)42-39-36-33-30-20-17-14-11-8-5-2/h7,10,12,15-16,19,23-24,26-27,29,32,38,41,46-48,52-53H,4-6,8-9,11,13-14,17-18,20-22,25,28,30-31,33-37,39-40,42-45H2,1-3H3,(H,51,54)/b10-7-,15-12-,19-16-,24-23-,27-26-,32-29-,41-38-. The van der Waals surface area contributed by atoms with Crippen molar-refractivity contribution in [2.24, 2.45) is 0 Å². The van der Waals surface area contributed by atoms with Crippen molar-refractivity contribution in [3.8, 4) is 0 Å². The first kappa shape index (κ1) is 53.0. The van der Waals surface area contributed by atoms with E-state index in [1.807, 2.05) is 6.08 Å². The molecule has 0 spiro atoms. The first-order valence-electron chi connectivity index (χ1n) is 22.8. The van der Waals surface area contributed by atoms with E-state index < -0.39 is 18.2 Å². The van der Waals surface area contributed by atoms with E-state index in [2.05, 4.69) is 99.0 Å². The predicted molar refractivity (Wildman–Crippen MR) is 241 cm³/mol. The summed E-state index contributed by atoms with van der Waals surface area (Å²) in [6.07, 6.45) is 55.3. The van der Waals surface area contributed by atoms with Gasteiger partial charge in [-0.1, -0.05) is 190 Å². The smallest absolute Gasteiger partial charge is 0.306 e. The third-order valence-corrected chi connectivity index (χ3v) is 9.68. The van der Waals surface area contributed by atoms with Crippen molar-refractivity contribution in [3.05, 3.63) is 85.1 Å². The number of carbonyl (C=O) groups is 2. The minimum absolute atomic E-state index is 0.0546. The molecule has 0 aromatic heterocycles. The molecule has 0 radical (unpaired) electrons. The number of allylic oxidation sites excluding steroid dienone is 13. The summed E-state index contributed by atoms with van der Waals surface area (Å²) in [5.74, 6) is -0.652. The highest BCUT2D eigenvalue weighted by molar-refractivity contribution is 5.78. The van der Waals surface area contributed by atoms with Gasteiger partial charge in [-0.15, -0.1) is 0 Å². The highest BCUT2D eigenvalue weighted by Crippen LogP contribution is 2.14. The molecule has 0 aliphatic carbocycles. The Morgan fingerprint density at radius 3 is 1.57 bits per heavy atom. The van der Waals surface area contributed by atoms with E-state index in [4.69, 9.17) is 4.74 Å². The number of unbranched alkanes of at least 4 members (excludes halogenated alkanes) is 15. The highest BCUT2D eigenvalue weighted by Gasteiger charge is 2.23. The molecule has 3 atom stereocenters. The fourth-order valence-electron chi connectivity index (χ4n) is 6.25. The van der Waals surface area contributed by atoms with E-state index in [0.29, 0.717) is 19.3 Å². The summed E-state index contributed by atoms with van der Waals surface area (Å²) in [6, 6.07) is -0.746. The molecule has 0 fully saturated rings. The minimum atomic E-state index is -0.822. The SMILES string of the molecule is CC/C=C\C/C=C\C/C=C\C/C=C\C/C=C\C/C=C\C(CC(=O)NC(CO)C(O)CCCCCCCCCCCC)OC(=O)CCCCCCC/C=C\CCC. The summed E-state index contributed by atoms with van der Waals surface area (Å²) in [5, 5.41) is 23.5. The van der Waals surface area contributed by atoms with Gasteiger partial charge in [-0.05, 0) is 76.7 Å². The lowest BCUT2D eigenvalue weighted by Crippen LogP contribution is -2.46. The molecule has 1 amide bonds. The van der Waals surface area contributed by atoms with E-state index in [0.717, 1.165) is 89.9 Å². The third kappa shape index (κ3) is 37.9. The topological polar surface area (TPSA) is 95.9 Å². The Morgan fingerprint density at radius 1 is 0.554 bits per heavy atom. The molecule has 0 aliphatic heterocycles. The second kappa shape index (κ2) is 43.2. The molecule has 0 saturated carbocycles. The number of hydrogen-bond donors (Lipinski definition) is 3. The van der Waals surface area contributed by atoms with Gasteiger partial charge < -0.3 is 20.3 Å². The summed E-state index contributed by atoms with van der Waals surface area (Å²) in [4.78, 5) is 25.9. The number of amides is 1. The number of rotatable bonds is 39. The molecule has 0 bridgehead atoms. The maximum atomic E-state index is 13.1. The Morgan fingerprint density at radius 2 is 1.04 bits per heavy atom. The van der Waals surface area contributed by atoms with Crippen LogP contribution in [-0.2, 0) is 14.3 Å². The van der Waals surface area contributed by atoms with Crippen molar-refractivity contribution >= 4 is 11.9 Å². The van der Waals surface area contributed by atoms with Crippen LogP contribution in [-0.4, -0.2) is 46.9 Å². The van der Waals surface area contributed by atoms with Crippen LogP contribution in [0.3, 0.4) is 0 Å². The van der Waals surface area contributed by atoms with Crippen LogP contribution < -0.4 is 5.32 Å². The van der Waals surface area contributed by atoms with Gasteiger partial charge in [-0.2, -0.15) is 0 Å². The maximum Gasteiger partial charge on any atom is 0.306 e. The Hall–Kier alpha value is -2.96. The Labute approximate surface area is 344 Å². The van der Waals surface area contributed by atoms with E-state index in [-0.39, 0.29) is 24.9 Å². The Balaban J connectivity index is 4.83. The van der Waals surface area contributed by atoms with Gasteiger partial charge in [0.25, 0.3) is 0 Å². The molecular formula is C50H85NO5. The molecule has 0 rings (SSSR count). The number of ether oxygens (including phenoxy) is 1. The molecule has 320 valence electrons. The van der Waals surface area contributed by atoms with Gasteiger partial charge in [0, 0.05) is 6.42 Å². The van der Waals surface area contributed by atoms with Crippen molar-refractivity contribution in [1.82, 2.24) is 5.32 Å². The first-order chi connectivity index (χ1) is 27.5. The van der Waals surface area contributed by atoms with Gasteiger partial charge in [0.05, 0.1) is 25.2 Å². The number of hydrogen-bond acceptors (Lipinski definition) is 5. The van der Waals surface area contributed by atoms with Crippen LogP contribution >= 0.6 is 0 Å². The Bertz CT molecular complexity index is 1100. The van der Waals surface area contributed by atoms with Crippen LogP contribution in [0.1, 0.15) is 194 Å². The van der Waals surface area contributed by atoms with Crippen molar-refractivity contribution in [2.75, 3.05) is 6.61 Å². The average Bonchev–Trinajstić information content (AvgIpc) is 3.19. The van der Waals surface area contributed by atoms with E-state index in [1.165, 1.54) is 57.8 Å². The summed E-state index contributed by atoms with van der Waals surface area (Å²) in [6.45, 7) is 6.23. The first-order valence-corrected chi connectivity index (χ1v) is 22.8. The van der Waals surface area contributed by atoms with Crippen LogP contribution in [0.25, 0.3) is 0 Å². The summed E-state index contributed by atoms with van der Waals surface area (Å²) >= 11 is 0. The minimum Gasteiger partial charge on any atom is -0.458 e. The highest BCUT2D eigenvalue weighted by atomic mass is 16.5. The lowest BCUT2D eigenvalue weighted by Gasteiger charge is -2.23. The van der Waals surface area contributed by atoms with Crippen molar-refractivity contribution in [2.45, 2.75) is 212 Å². The molecule has 0 aromatic rings. The lowest BCUT2D eigenvalue weighted by atomic mass is 10.0. The molecule has 56 heavy (non-hydrogen) atoms. The molecule has 0 saturated heterocycles. The fraction of sp³-hybridized carbons (Fsp3) is 0.680. The van der Waals surface area contributed by atoms with Gasteiger partial charge >= 0.3 is 5.97 Å². The summed E-state index contributed by atoms with van der Waals surface area (Å²) in [7, 11) is 0. The molecule has 0 aromatic carbocycles. The average molecular weight is 780 g/mol. The molecule has 6 heteroatoms. The van der Waals surface area contributed by atoms with Gasteiger partial charge in [0.1, 0.15) is 6.10 Å². The zero-order valence-electron chi connectivity index (χ0n) is 36.2. The maximum absolute atomic E-state index is 13.1.